The van der Waals surface area contributed by atoms with Gasteiger partial charge in [-0.1, -0.05) is 41.4 Å². The number of hydrogen-bond acceptors (Lipinski definition) is 2. The van der Waals surface area contributed by atoms with Crippen LogP contribution in [-0.4, -0.2) is 9.97 Å². The van der Waals surface area contributed by atoms with Crippen LogP contribution in [0.1, 0.15) is 11.4 Å². The Hall–Kier alpha value is -1.71. The fourth-order valence-corrected chi connectivity index (χ4v) is 2.38. The Bertz CT molecular complexity index is 768. The van der Waals surface area contributed by atoms with Gasteiger partial charge in [0, 0.05) is 0 Å². The number of imidazole rings is 1. The van der Waals surface area contributed by atoms with Crippen molar-refractivity contribution < 1.29 is 4.74 Å². The van der Waals surface area contributed by atoms with E-state index in [-0.39, 0.29) is 0 Å². The monoisotopic (exact) mass is 306 g/mol. The normalized spacial score (nSPS) is 10.9. The van der Waals surface area contributed by atoms with E-state index >= 15 is 0 Å². The number of hydrogen-bond donors (Lipinski definition) is 1. The molecule has 20 heavy (non-hydrogen) atoms. The molecular formula is C15H12Cl2N2O. The summed E-state index contributed by atoms with van der Waals surface area (Å²) < 4.78 is 5.66. The van der Waals surface area contributed by atoms with E-state index in [9.17, 15) is 0 Å². The van der Waals surface area contributed by atoms with Crippen LogP contribution < -0.4 is 4.74 Å². The zero-order valence-corrected chi connectivity index (χ0v) is 12.3. The highest BCUT2D eigenvalue weighted by atomic mass is 35.5. The summed E-state index contributed by atoms with van der Waals surface area (Å²) in [7, 11) is 0. The van der Waals surface area contributed by atoms with Gasteiger partial charge in [-0.2, -0.15) is 0 Å². The van der Waals surface area contributed by atoms with Crippen molar-refractivity contribution in [3.8, 4) is 5.75 Å². The Morgan fingerprint density at radius 3 is 2.75 bits per heavy atom. The third-order valence-corrected chi connectivity index (χ3v) is 3.85. The third-order valence-electron chi connectivity index (χ3n) is 3.04. The number of aryl methyl sites for hydroxylation is 1. The summed E-state index contributed by atoms with van der Waals surface area (Å²) in [5.74, 6) is 1.31. The molecule has 5 heteroatoms. The predicted molar refractivity (Wildman–Crippen MR) is 81.6 cm³/mol. The van der Waals surface area contributed by atoms with Gasteiger partial charge in [0.1, 0.15) is 23.2 Å². The molecule has 0 aliphatic rings. The molecule has 0 amide bonds. The Balaban J connectivity index is 1.83. The topological polar surface area (TPSA) is 37.9 Å². The highest BCUT2D eigenvalue weighted by molar-refractivity contribution is 6.42. The lowest BCUT2D eigenvalue weighted by Crippen LogP contribution is -1.98. The zero-order chi connectivity index (χ0) is 14.1. The molecule has 2 aromatic carbocycles. The number of aromatic amines is 1. The summed E-state index contributed by atoms with van der Waals surface area (Å²) in [4.78, 5) is 7.75. The first-order valence-corrected chi connectivity index (χ1v) is 6.92. The number of aromatic nitrogens is 2. The largest absolute Gasteiger partial charge is 0.484 e. The molecular weight excluding hydrogens is 295 g/mol. The van der Waals surface area contributed by atoms with Crippen molar-refractivity contribution in [2.24, 2.45) is 0 Å². The summed E-state index contributed by atoms with van der Waals surface area (Å²) in [5.41, 5.74) is 3.09. The van der Waals surface area contributed by atoms with Crippen molar-refractivity contribution in [3.63, 3.8) is 0 Å². The second-order valence-electron chi connectivity index (χ2n) is 4.50. The van der Waals surface area contributed by atoms with E-state index in [2.05, 4.69) is 9.97 Å². The maximum absolute atomic E-state index is 6.08. The smallest absolute Gasteiger partial charge is 0.146 e. The summed E-state index contributed by atoms with van der Waals surface area (Å²) >= 11 is 12.0. The van der Waals surface area contributed by atoms with E-state index in [1.165, 1.54) is 0 Å². The molecule has 0 spiro atoms. The fraction of sp³-hybridized carbons (Fsp3) is 0.133. The first-order valence-electron chi connectivity index (χ1n) is 6.16. The number of nitrogens with one attached hydrogen (secondary N) is 1. The molecule has 1 aromatic heterocycles. The number of H-pyrrole nitrogens is 1. The van der Waals surface area contributed by atoms with Crippen molar-refractivity contribution in [1.82, 2.24) is 9.97 Å². The number of ether oxygens (including phenoxy) is 1. The second kappa shape index (κ2) is 5.35. The van der Waals surface area contributed by atoms with E-state index in [4.69, 9.17) is 27.9 Å². The Morgan fingerprint density at radius 2 is 1.95 bits per heavy atom. The lowest BCUT2D eigenvalue weighted by Gasteiger charge is -2.06. The number of halogens is 2. The standard InChI is InChI=1S/C15H12Cl2N2O/c1-9-4-2-6-11-15(9)19-13(18-11)8-20-12-7-3-5-10(16)14(12)17/h2-7H,8H2,1H3,(H,18,19). The van der Waals surface area contributed by atoms with Crippen LogP contribution in [0.4, 0.5) is 0 Å². The van der Waals surface area contributed by atoms with Gasteiger partial charge in [-0.3, -0.25) is 0 Å². The van der Waals surface area contributed by atoms with Gasteiger partial charge < -0.3 is 9.72 Å². The van der Waals surface area contributed by atoms with E-state index < -0.39 is 0 Å². The SMILES string of the molecule is Cc1cccc2[nH]c(COc3cccc(Cl)c3Cl)nc12. The van der Waals surface area contributed by atoms with Crippen molar-refractivity contribution in [2.75, 3.05) is 0 Å². The van der Waals surface area contributed by atoms with Gasteiger partial charge in [-0.15, -0.1) is 0 Å². The van der Waals surface area contributed by atoms with Crippen LogP contribution in [0.3, 0.4) is 0 Å². The van der Waals surface area contributed by atoms with Crippen LogP contribution in [0.5, 0.6) is 5.75 Å². The first kappa shape index (κ1) is 13.3. The van der Waals surface area contributed by atoms with Crippen molar-refractivity contribution in [2.45, 2.75) is 13.5 Å². The van der Waals surface area contributed by atoms with Crippen LogP contribution in [0, 0.1) is 6.92 Å². The molecule has 0 bridgehead atoms. The van der Waals surface area contributed by atoms with Crippen LogP contribution in [0.2, 0.25) is 10.0 Å². The Labute approximate surface area is 126 Å². The summed E-state index contributed by atoms with van der Waals surface area (Å²) in [5, 5.41) is 0.895. The van der Waals surface area contributed by atoms with Gasteiger partial charge in [0.2, 0.25) is 0 Å². The molecule has 1 N–H and O–H groups in total. The molecule has 3 nitrogen and oxygen atoms in total. The summed E-state index contributed by atoms with van der Waals surface area (Å²) in [6, 6.07) is 11.3. The van der Waals surface area contributed by atoms with Crippen LogP contribution >= 0.6 is 23.2 Å². The van der Waals surface area contributed by atoms with Crippen LogP contribution in [0.25, 0.3) is 11.0 Å². The molecule has 0 aliphatic heterocycles. The highest BCUT2D eigenvalue weighted by Gasteiger charge is 2.08. The number of rotatable bonds is 3. The third kappa shape index (κ3) is 2.47. The van der Waals surface area contributed by atoms with E-state index in [1.807, 2.05) is 25.1 Å². The van der Waals surface area contributed by atoms with Gasteiger partial charge >= 0.3 is 0 Å². The number of para-hydroxylation sites is 1. The number of fused-ring (bicyclic) bond motifs is 1. The molecule has 1 heterocycles. The maximum atomic E-state index is 6.08. The van der Waals surface area contributed by atoms with Crippen molar-refractivity contribution in [3.05, 3.63) is 57.8 Å². The summed E-state index contributed by atoms with van der Waals surface area (Å²) in [6.07, 6.45) is 0. The first-order chi connectivity index (χ1) is 9.65. The van der Waals surface area contributed by atoms with Crippen molar-refractivity contribution >= 4 is 34.2 Å². The Kier molecular flexibility index (Phi) is 3.55. The number of nitrogens with zero attached hydrogens (tertiary/aromatic N) is 1. The van der Waals surface area contributed by atoms with E-state index in [1.54, 1.807) is 18.2 Å². The number of benzene rings is 2. The highest BCUT2D eigenvalue weighted by Crippen LogP contribution is 2.31. The summed E-state index contributed by atoms with van der Waals surface area (Å²) in [6.45, 7) is 2.34. The van der Waals surface area contributed by atoms with Gasteiger partial charge in [0.15, 0.2) is 0 Å². The fourth-order valence-electron chi connectivity index (χ4n) is 2.04. The molecule has 0 atom stereocenters. The zero-order valence-electron chi connectivity index (χ0n) is 10.8. The minimum absolute atomic E-state index is 0.314. The van der Waals surface area contributed by atoms with Crippen LogP contribution in [0.15, 0.2) is 36.4 Å². The molecule has 0 aliphatic carbocycles. The van der Waals surface area contributed by atoms with Gasteiger partial charge in [-0.05, 0) is 30.7 Å². The van der Waals surface area contributed by atoms with Crippen LogP contribution in [-0.2, 0) is 6.61 Å². The lowest BCUT2D eigenvalue weighted by atomic mass is 10.2. The molecule has 0 fully saturated rings. The quantitative estimate of drug-likeness (QED) is 0.757. The predicted octanol–water partition coefficient (Wildman–Crippen LogP) is 4.76. The van der Waals surface area contributed by atoms with Gasteiger partial charge in [0.05, 0.1) is 16.1 Å². The lowest BCUT2D eigenvalue weighted by molar-refractivity contribution is 0.298. The second-order valence-corrected chi connectivity index (χ2v) is 5.28. The molecule has 102 valence electrons. The molecule has 3 aromatic rings. The van der Waals surface area contributed by atoms with Gasteiger partial charge in [-0.25, -0.2) is 4.98 Å². The minimum atomic E-state index is 0.314. The minimum Gasteiger partial charge on any atom is -0.484 e. The Morgan fingerprint density at radius 1 is 1.15 bits per heavy atom. The molecule has 0 saturated carbocycles. The van der Waals surface area contributed by atoms with E-state index in [0.717, 1.165) is 22.4 Å². The molecule has 0 saturated heterocycles. The average molecular weight is 307 g/mol. The average Bonchev–Trinajstić information content (AvgIpc) is 2.85. The molecule has 3 rings (SSSR count). The molecule has 0 unspecified atom stereocenters. The van der Waals surface area contributed by atoms with Crippen molar-refractivity contribution in [1.29, 1.82) is 0 Å². The van der Waals surface area contributed by atoms with Gasteiger partial charge in [0.25, 0.3) is 0 Å². The van der Waals surface area contributed by atoms with E-state index in [0.29, 0.717) is 22.4 Å². The maximum Gasteiger partial charge on any atom is 0.146 e. The molecule has 0 radical (unpaired) electrons.